The fourth-order valence-corrected chi connectivity index (χ4v) is 2.86. The van der Waals surface area contributed by atoms with Gasteiger partial charge in [0.1, 0.15) is 0 Å². The Hall–Kier alpha value is -1.20. The number of aliphatic hydroxyl groups is 1. The summed E-state index contributed by atoms with van der Waals surface area (Å²) in [6, 6.07) is 0.934. The summed E-state index contributed by atoms with van der Waals surface area (Å²) in [4.78, 5) is 11.2. The van der Waals surface area contributed by atoms with E-state index in [1.54, 1.807) is 0 Å². The first-order valence-electron chi connectivity index (χ1n) is 8.12. The van der Waals surface area contributed by atoms with Crippen LogP contribution in [0.2, 0.25) is 0 Å². The number of nitrogens with zero attached hydrogens (tertiary/aromatic N) is 3. The lowest BCUT2D eigenvalue weighted by Crippen LogP contribution is -2.40. The van der Waals surface area contributed by atoms with Crippen LogP contribution in [-0.2, 0) is 6.54 Å². The van der Waals surface area contributed by atoms with Crippen LogP contribution >= 0.6 is 0 Å². The van der Waals surface area contributed by atoms with Crippen LogP contribution in [0.15, 0.2) is 12.4 Å². The molecule has 0 saturated heterocycles. The van der Waals surface area contributed by atoms with Gasteiger partial charge in [-0.05, 0) is 12.8 Å². The Morgan fingerprint density at radius 2 is 1.90 bits per heavy atom. The Labute approximate surface area is 127 Å². The lowest BCUT2D eigenvalue weighted by atomic mass is 9.94. The topological polar surface area (TPSA) is 61.3 Å². The van der Waals surface area contributed by atoms with Crippen molar-refractivity contribution in [2.24, 2.45) is 0 Å². The van der Waals surface area contributed by atoms with Crippen molar-refractivity contribution >= 4 is 5.95 Å². The quantitative estimate of drug-likeness (QED) is 0.806. The summed E-state index contributed by atoms with van der Waals surface area (Å²) >= 11 is 0. The van der Waals surface area contributed by atoms with Crippen molar-refractivity contribution in [2.75, 3.05) is 18.1 Å². The maximum atomic E-state index is 9.32. The van der Waals surface area contributed by atoms with Crippen molar-refractivity contribution in [3.8, 4) is 0 Å². The second-order valence-electron chi connectivity index (χ2n) is 6.14. The van der Waals surface area contributed by atoms with Crippen molar-refractivity contribution in [2.45, 2.75) is 64.6 Å². The van der Waals surface area contributed by atoms with Gasteiger partial charge in [-0.3, -0.25) is 0 Å². The first-order chi connectivity index (χ1) is 10.2. The average molecular weight is 292 g/mol. The van der Waals surface area contributed by atoms with Crippen LogP contribution < -0.4 is 10.2 Å². The summed E-state index contributed by atoms with van der Waals surface area (Å²) in [5.74, 6) is 0.754. The van der Waals surface area contributed by atoms with Gasteiger partial charge in [-0.2, -0.15) is 0 Å². The average Bonchev–Trinajstić information content (AvgIpc) is 2.52. The lowest BCUT2D eigenvalue weighted by Gasteiger charge is -2.34. The molecule has 0 radical (unpaired) electrons. The molecule has 118 valence electrons. The Morgan fingerprint density at radius 1 is 1.24 bits per heavy atom. The van der Waals surface area contributed by atoms with Gasteiger partial charge in [0, 0.05) is 43.1 Å². The van der Waals surface area contributed by atoms with Gasteiger partial charge in [-0.15, -0.1) is 0 Å². The van der Waals surface area contributed by atoms with Crippen LogP contribution in [0.1, 0.15) is 51.5 Å². The molecule has 1 aliphatic carbocycles. The smallest absolute Gasteiger partial charge is 0.225 e. The van der Waals surface area contributed by atoms with Gasteiger partial charge in [-0.25, -0.2) is 9.97 Å². The van der Waals surface area contributed by atoms with Crippen LogP contribution in [0.4, 0.5) is 5.95 Å². The number of nitrogens with one attached hydrogen (secondary N) is 1. The molecule has 1 heterocycles. The maximum Gasteiger partial charge on any atom is 0.225 e. The van der Waals surface area contributed by atoms with E-state index < -0.39 is 0 Å². The molecule has 0 spiro atoms. The minimum absolute atomic E-state index is 0.149. The molecular formula is C16H28N4O. The Bertz CT molecular complexity index is 401. The molecule has 0 aromatic carbocycles. The Balaban J connectivity index is 2.02. The lowest BCUT2D eigenvalue weighted by molar-refractivity contribution is 0.288. The summed E-state index contributed by atoms with van der Waals surface area (Å²) in [6.45, 7) is 5.81. The fraction of sp³-hybridized carbons (Fsp3) is 0.750. The predicted molar refractivity (Wildman–Crippen MR) is 85.3 cm³/mol. The second-order valence-corrected chi connectivity index (χ2v) is 6.14. The molecule has 5 heteroatoms. The molecule has 0 unspecified atom stereocenters. The van der Waals surface area contributed by atoms with Crippen molar-refractivity contribution in [3.05, 3.63) is 18.0 Å². The summed E-state index contributed by atoms with van der Waals surface area (Å²) in [7, 11) is 0. The largest absolute Gasteiger partial charge is 0.395 e. The molecule has 0 atom stereocenters. The predicted octanol–water partition coefficient (Wildman–Crippen LogP) is 2.11. The van der Waals surface area contributed by atoms with Gasteiger partial charge in [0.2, 0.25) is 5.95 Å². The molecule has 0 aliphatic heterocycles. The molecule has 0 bridgehead atoms. The van der Waals surface area contributed by atoms with E-state index in [4.69, 9.17) is 0 Å². The van der Waals surface area contributed by atoms with E-state index in [1.165, 1.54) is 32.1 Å². The highest BCUT2D eigenvalue weighted by Gasteiger charge is 2.22. The van der Waals surface area contributed by atoms with Crippen molar-refractivity contribution in [3.63, 3.8) is 0 Å². The molecule has 21 heavy (non-hydrogen) atoms. The van der Waals surface area contributed by atoms with E-state index in [-0.39, 0.29) is 6.61 Å². The van der Waals surface area contributed by atoms with Crippen LogP contribution in [-0.4, -0.2) is 40.3 Å². The Morgan fingerprint density at radius 3 is 2.48 bits per heavy atom. The highest BCUT2D eigenvalue weighted by molar-refractivity contribution is 5.32. The van der Waals surface area contributed by atoms with Crippen LogP contribution in [0.5, 0.6) is 0 Å². The van der Waals surface area contributed by atoms with Crippen molar-refractivity contribution in [1.82, 2.24) is 15.3 Å². The van der Waals surface area contributed by atoms with Gasteiger partial charge in [-0.1, -0.05) is 33.1 Å². The molecule has 1 fully saturated rings. The summed E-state index contributed by atoms with van der Waals surface area (Å²) in [6.07, 6.45) is 10.0. The van der Waals surface area contributed by atoms with E-state index in [2.05, 4.69) is 34.0 Å². The number of aliphatic hydroxyl groups excluding tert-OH is 1. The number of aromatic nitrogens is 2. The number of rotatable bonds is 7. The van der Waals surface area contributed by atoms with Crippen LogP contribution in [0.3, 0.4) is 0 Å². The third kappa shape index (κ3) is 4.93. The monoisotopic (exact) mass is 292 g/mol. The molecule has 5 nitrogen and oxygen atoms in total. The number of anilines is 1. The summed E-state index contributed by atoms with van der Waals surface area (Å²) in [5.41, 5.74) is 1.10. The molecule has 2 rings (SSSR count). The highest BCUT2D eigenvalue weighted by Crippen LogP contribution is 2.25. The number of hydrogen-bond donors (Lipinski definition) is 2. The van der Waals surface area contributed by atoms with Crippen LogP contribution in [0, 0.1) is 0 Å². The third-order valence-corrected chi connectivity index (χ3v) is 4.02. The zero-order valence-electron chi connectivity index (χ0n) is 13.3. The molecule has 1 aromatic heterocycles. The molecule has 2 N–H and O–H groups in total. The first kappa shape index (κ1) is 16.2. The van der Waals surface area contributed by atoms with Gasteiger partial charge in [0.05, 0.1) is 6.61 Å². The maximum absolute atomic E-state index is 9.32. The highest BCUT2D eigenvalue weighted by atomic mass is 16.3. The molecule has 1 aromatic rings. The molecular weight excluding hydrogens is 264 g/mol. The van der Waals surface area contributed by atoms with E-state index in [9.17, 15) is 5.11 Å². The normalized spacial score (nSPS) is 16.4. The minimum Gasteiger partial charge on any atom is -0.395 e. The third-order valence-electron chi connectivity index (χ3n) is 4.02. The van der Waals surface area contributed by atoms with E-state index in [0.29, 0.717) is 18.6 Å². The van der Waals surface area contributed by atoms with Gasteiger partial charge >= 0.3 is 0 Å². The minimum atomic E-state index is 0.149. The number of hydrogen-bond acceptors (Lipinski definition) is 5. The van der Waals surface area contributed by atoms with E-state index in [0.717, 1.165) is 18.1 Å². The van der Waals surface area contributed by atoms with E-state index >= 15 is 0 Å². The van der Waals surface area contributed by atoms with Gasteiger partial charge in [0.25, 0.3) is 0 Å². The molecule has 1 saturated carbocycles. The zero-order chi connectivity index (χ0) is 15.1. The summed E-state index contributed by atoms with van der Waals surface area (Å²) < 4.78 is 0. The molecule has 0 amide bonds. The Kier molecular flexibility index (Phi) is 6.39. The van der Waals surface area contributed by atoms with Crippen LogP contribution in [0.25, 0.3) is 0 Å². The standard InChI is InChI=1S/C16H28N4O/c1-13(2)17-10-14-11-18-16(19-12-14)20(8-9-21)15-6-4-3-5-7-15/h11-13,15,17,21H,3-10H2,1-2H3. The molecule has 1 aliphatic rings. The van der Waals surface area contributed by atoms with Gasteiger partial charge < -0.3 is 15.3 Å². The van der Waals surface area contributed by atoms with Crippen molar-refractivity contribution < 1.29 is 5.11 Å². The fourth-order valence-electron chi connectivity index (χ4n) is 2.86. The SMILES string of the molecule is CC(C)NCc1cnc(N(CCO)C2CCCCC2)nc1. The van der Waals surface area contributed by atoms with Gasteiger partial charge in [0.15, 0.2) is 0 Å². The zero-order valence-corrected chi connectivity index (χ0v) is 13.3. The van der Waals surface area contributed by atoms with Crippen molar-refractivity contribution in [1.29, 1.82) is 0 Å². The first-order valence-corrected chi connectivity index (χ1v) is 8.12. The second kappa shape index (κ2) is 8.29. The summed E-state index contributed by atoms with van der Waals surface area (Å²) in [5, 5.41) is 12.7. The van der Waals surface area contributed by atoms with E-state index in [1.807, 2.05) is 12.4 Å².